The van der Waals surface area contributed by atoms with E-state index in [1.165, 1.54) is 0 Å². The van der Waals surface area contributed by atoms with Crippen molar-refractivity contribution >= 4 is 29.1 Å². The molecule has 2 aromatic carbocycles. The molecule has 2 rings (SSSR count). The molecule has 0 spiro atoms. The molecule has 0 atom stereocenters. The monoisotopic (exact) mass is 322 g/mol. The average Bonchev–Trinajstić information content (AvgIpc) is 2.49. The fourth-order valence-corrected chi connectivity index (χ4v) is 2.21. The molecule has 0 aliphatic rings. The van der Waals surface area contributed by atoms with Crippen LogP contribution in [0.1, 0.15) is 16.7 Å². The van der Waals surface area contributed by atoms with E-state index < -0.39 is 0 Å². The second-order valence-electron chi connectivity index (χ2n) is 4.72. The van der Waals surface area contributed by atoms with Crippen molar-refractivity contribution in [3.8, 4) is 0 Å². The van der Waals surface area contributed by atoms with Crippen LogP contribution >= 0.6 is 23.2 Å². The van der Waals surface area contributed by atoms with Crippen LogP contribution in [0, 0.1) is 0 Å². The summed E-state index contributed by atoms with van der Waals surface area (Å²) in [7, 11) is 0. The number of nitrogens with one attached hydrogen (secondary N) is 1. The number of rotatable bonds is 5. The van der Waals surface area contributed by atoms with Crippen molar-refractivity contribution < 1.29 is 4.79 Å². The second-order valence-corrected chi connectivity index (χ2v) is 5.54. The summed E-state index contributed by atoms with van der Waals surface area (Å²) >= 11 is 11.8. The molecule has 0 fully saturated rings. The van der Waals surface area contributed by atoms with Crippen LogP contribution < -0.4 is 11.1 Å². The molecule has 3 N–H and O–H groups in total. The second kappa shape index (κ2) is 7.46. The predicted molar refractivity (Wildman–Crippen MR) is 86.3 cm³/mol. The minimum atomic E-state index is -0.0590. The first kappa shape index (κ1) is 15.8. The SMILES string of the molecule is NCc1ccc(CNC(=O)Cc2ccc(Cl)c(Cl)c2)cc1. The zero-order valence-electron chi connectivity index (χ0n) is 11.4. The Balaban J connectivity index is 1.87. The third-order valence-electron chi connectivity index (χ3n) is 3.10. The van der Waals surface area contributed by atoms with Gasteiger partial charge in [0, 0.05) is 13.1 Å². The van der Waals surface area contributed by atoms with Crippen molar-refractivity contribution in [3.05, 3.63) is 69.2 Å². The molecule has 3 nitrogen and oxygen atoms in total. The highest BCUT2D eigenvalue weighted by Gasteiger charge is 2.05. The topological polar surface area (TPSA) is 55.1 Å². The van der Waals surface area contributed by atoms with Crippen molar-refractivity contribution in [2.45, 2.75) is 19.5 Å². The van der Waals surface area contributed by atoms with E-state index in [0.717, 1.165) is 16.7 Å². The van der Waals surface area contributed by atoms with Crippen molar-refractivity contribution in [1.29, 1.82) is 0 Å². The van der Waals surface area contributed by atoms with Crippen LogP contribution in [0.3, 0.4) is 0 Å². The van der Waals surface area contributed by atoms with E-state index in [2.05, 4.69) is 5.32 Å². The smallest absolute Gasteiger partial charge is 0.224 e. The van der Waals surface area contributed by atoms with Gasteiger partial charge >= 0.3 is 0 Å². The van der Waals surface area contributed by atoms with E-state index in [9.17, 15) is 4.79 Å². The Bertz CT molecular complexity index is 627. The van der Waals surface area contributed by atoms with Gasteiger partial charge in [0.05, 0.1) is 16.5 Å². The molecule has 0 heterocycles. The summed E-state index contributed by atoms with van der Waals surface area (Å²) in [5.41, 5.74) is 8.48. The fraction of sp³-hybridized carbons (Fsp3) is 0.188. The summed E-state index contributed by atoms with van der Waals surface area (Å²) in [6.45, 7) is 1.01. The van der Waals surface area contributed by atoms with Gasteiger partial charge in [-0.1, -0.05) is 53.5 Å². The lowest BCUT2D eigenvalue weighted by molar-refractivity contribution is -0.120. The largest absolute Gasteiger partial charge is 0.352 e. The molecule has 21 heavy (non-hydrogen) atoms. The van der Waals surface area contributed by atoms with E-state index in [1.54, 1.807) is 18.2 Å². The molecule has 110 valence electrons. The van der Waals surface area contributed by atoms with Gasteiger partial charge < -0.3 is 11.1 Å². The minimum absolute atomic E-state index is 0.0590. The predicted octanol–water partition coefficient (Wildman–Crippen LogP) is 3.31. The van der Waals surface area contributed by atoms with Crippen molar-refractivity contribution in [3.63, 3.8) is 0 Å². The minimum Gasteiger partial charge on any atom is -0.352 e. The number of halogens is 2. The van der Waals surface area contributed by atoms with Crippen molar-refractivity contribution in [1.82, 2.24) is 5.32 Å². The van der Waals surface area contributed by atoms with Gasteiger partial charge in [0.2, 0.25) is 5.91 Å². The van der Waals surface area contributed by atoms with Crippen LogP contribution in [-0.4, -0.2) is 5.91 Å². The van der Waals surface area contributed by atoms with Crippen LogP contribution in [0.5, 0.6) is 0 Å². The van der Waals surface area contributed by atoms with E-state index >= 15 is 0 Å². The van der Waals surface area contributed by atoms with Crippen LogP contribution in [0.2, 0.25) is 10.0 Å². The van der Waals surface area contributed by atoms with Crippen LogP contribution in [0.25, 0.3) is 0 Å². The Morgan fingerprint density at radius 1 is 0.952 bits per heavy atom. The van der Waals surface area contributed by atoms with Gasteiger partial charge in [0.25, 0.3) is 0 Å². The summed E-state index contributed by atoms with van der Waals surface area (Å²) in [6.07, 6.45) is 0.276. The highest BCUT2D eigenvalue weighted by Crippen LogP contribution is 2.22. The summed E-state index contributed by atoms with van der Waals surface area (Å²) < 4.78 is 0. The van der Waals surface area contributed by atoms with E-state index in [4.69, 9.17) is 28.9 Å². The highest BCUT2D eigenvalue weighted by molar-refractivity contribution is 6.42. The third-order valence-corrected chi connectivity index (χ3v) is 3.84. The molecule has 0 aromatic heterocycles. The van der Waals surface area contributed by atoms with Gasteiger partial charge in [0.15, 0.2) is 0 Å². The number of hydrogen-bond acceptors (Lipinski definition) is 2. The van der Waals surface area contributed by atoms with Crippen LogP contribution in [0.4, 0.5) is 0 Å². The van der Waals surface area contributed by atoms with E-state index in [0.29, 0.717) is 23.1 Å². The quantitative estimate of drug-likeness (QED) is 0.887. The number of nitrogens with two attached hydrogens (primary N) is 1. The molecule has 2 aromatic rings. The summed E-state index contributed by atoms with van der Waals surface area (Å²) in [5.74, 6) is -0.0590. The zero-order valence-corrected chi connectivity index (χ0v) is 12.9. The molecule has 1 amide bonds. The summed E-state index contributed by atoms with van der Waals surface area (Å²) in [5, 5.41) is 3.82. The van der Waals surface area contributed by atoms with Crippen LogP contribution in [0.15, 0.2) is 42.5 Å². The normalized spacial score (nSPS) is 10.4. The number of amides is 1. The van der Waals surface area contributed by atoms with Gasteiger partial charge in [-0.3, -0.25) is 4.79 Å². The first-order valence-electron chi connectivity index (χ1n) is 6.57. The summed E-state index contributed by atoms with van der Waals surface area (Å²) in [4.78, 5) is 11.9. The molecule has 0 radical (unpaired) electrons. The number of benzene rings is 2. The fourth-order valence-electron chi connectivity index (χ4n) is 1.89. The van der Waals surface area contributed by atoms with Gasteiger partial charge in [-0.25, -0.2) is 0 Å². The molecule has 5 heteroatoms. The number of carbonyl (C=O) groups excluding carboxylic acids is 1. The summed E-state index contributed by atoms with van der Waals surface area (Å²) in [6, 6.07) is 13.0. The third kappa shape index (κ3) is 4.74. The lowest BCUT2D eigenvalue weighted by Gasteiger charge is -2.07. The zero-order chi connectivity index (χ0) is 15.2. The molecular formula is C16H16Cl2N2O. The highest BCUT2D eigenvalue weighted by atomic mass is 35.5. The number of hydrogen-bond donors (Lipinski definition) is 2. The molecule has 0 aliphatic carbocycles. The molecular weight excluding hydrogens is 307 g/mol. The molecule has 0 saturated heterocycles. The first-order valence-corrected chi connectivity index (χ1v) is 7.32. The number of carbonyl (C=O) groups is 1. The Kier molecular flexibility index (Phi) is 5.62. The molecule has 0 saturated carbocycles. The Morgan fingerprint density at radius 3 is 2.19 bits per heavy atom. The average molecular weight is 323 g/mol. The van der Waals surface area contributed by atoms with Crippen molar-refractivity contribution in [2.24, 2.45) is 5.73 Å². The van der Waals surface area contributed by atoms with Crippen LogP contribution in [-0.2, 0) is 24.3 Å². The maximum Gasteiger partial charge on any atom is 0.224 e. The van der Waals surface area contributed by atoms with E-state index in [-0.39, 0.29) is 12.3 Å². The Hall–Kier alpha value is -1.55. The first-order chi connectivity index (χ1) is 10.1. The molecule has 0 bridgehead atoms. The maximum absolute atomic E-state index is 11.9. The molecule has 0 unspecified atom stereocenters. The van der Waals surface area contributed by atoms with Gasteiger partial charge in [0.1, 0.15) is 0 Å². The van der Waals surface area contributed by atoms with Gasteiger partial charge in [-0.2, -0.15) is 0 Å². The van der Waals surface area contributed by atoms with Gasteiger partial charge in [-0.05, 0) is 28.8 Å². The maximum atomic E-state index is 11.9. The van der Waals surface area contributed by atoms with Gasteiger partial charge in [-0.15, -0.1) is 0 Å². The lowest BCUT2D eigenvalue weighted by Crippen LogP contribution is -2.24. The van der Waals surface area contributed by atoms with Crippen molar-refractivity contribution in [2.75, 3.05) is 0 Å². The Morgan fingerprint density at radius 2 is 1.57 bits per heavy atom. The Labute approximate surface area is 134 Å². The van der Waals surface area contributed by atoms with E-state index in [1.807, 2.05) is 24.3 Å². The lowest BCUT2D eigenvalue weighted by atomic mass is 10.1. The molecule has 0 aliphatic heterocycles. The standard InChI is InChI=1S/C16H16Cl2N2O/c17-14-6-5-13(7-15(14)18)8-16(21)20-10-12-3-1-11(9-19)2-4-12/h1-7H,8-10,19H2,(H,20,21).